The molecule has 2 aromatic rings. The van der Waals surface area contributed by atoms with E-state index in [2.05, 4.69) is 20.3 Å². The maximum Gasteiger partial charge on any atom is 0.275 e. The van der Waals surface area contributed by atoms with Crippen molar-refractivity contribution < 1.29 is 14.1 Å². The van der Waals surface area contributed by atoms with Crippen LogP contribution in [0.1, 0.15) is 59.3 Å². The quantitative estimate of drug-likeness (QED) is 0.897. The molecule has 4 rings (SSSR count). The summed E-state index contributed by atoms with van der Waals surface area (Å²) in [5.41, 5.74) is 2.68. The van der Waals surface area contributed by atoms with Crippen LogP contribution in [0.2, 0.25) is 0 Å². The number of carbonyl (C=O) groups is 1. The molecule has 3 heterocycles. The highest BCUT2D eigenvalue weighted by Gasteiger charge is 2.39. The molecule has 128 valence electrons. The number of hydrogen-bond acceptors (Lipinski definition) is 6. The summed E-state index contributed by atoms with van der Waals surface area (Å²) in [5, 5.41) is 11.2. The zero-order valence-corrected chi connectivity index (χ0v) is 13.9. The van der Waals surface area contributed by atoms with Gasteiger partial charge in [0.15, 0.2) is 11.5 Å². The van der Waals surface area contributed by atoms with Crippen molar-refractivity contribution in [3.63, 3.8) is 0 Å². The Morgan fingerprint density at radius 1 is 1.33 bits per heavy atom. The first-order valence-electron chi connectivity index (χ1n) is 8.44. The minimum absolute atomic E-state index is 0.0922. The summed E-state index contributed by atoms with van der Waals surface area (Å²) in [6.07, 6.45) is 3.88. The van der Waals surface area contributed by atoms with Crippen LogP contribution in [0.5, 0.6) is 0 Å². The van der Waals surface area contributed by atoms with Crippen LogP contribution in [0, 0.1) is 6.92 Å². The van der Waals surface area contributed by atoms with E-state index in [1.165, 1.54) is 0 Å². The largest absolute Gasteiger partial charge is 0.374 e. The average Bonchev–Trinajstić information content (AvgIpc) is 3.20. The van der Waals surface area contributed by atoms with Crippen molar-refractivity contribution >= 4 is 5.91 Å². The summed E-state index contributed by atoms with van der Waals surface area (Å²) in [7, 11) is 0. The van der Waals surface area contributed by atoms with Crippen LogP contribution >= 0.6 is 0 Å². The van der Waals surface area contributed by atoms with E-state index in [0.29, 0.717) is 30.6 Å². The summed E-state index contributed by atoms with van der Waals surface area (Å²) < 4.78 is 11.0. The van der Waals surface area contributed by atoms with Gasteiger partial charge in [-0.1, -0.05) is 5.16 Å². The Hall–Kier alpha value is -2.22. The first-order chi connectivity index (χ1) is 11.6. The van der Waals surface area contributed by atoms with Gasteiger partial charge in [0.1, 0.15) is 6.04 Å². The van der Waals surface area contributed by atoms with Gasteiger partial charge >= 0.3 is 0 Å². The van der Waals surface area contributed by atoms with E-state index in [0.717, 1.165) is 36.9 Å². The summed E-state index contributed by atoms with van der Waals surface area (Å²) in [4.78, 5) is 19.2. The number of aromatic nitrogens is 4. The van der Waals surface area contributed by atoms with E-state index in [1.54, 1.807) is 11.8 Å². The van der Waals surface area contributed by atoms with Gasteiger partial charge in [-0.05, 0) is 39.5 Å². The third-order valence-corrected chi connectivity index (χ3v) is 4.81. The molecule has 0 unspecified atom stereocenters. The molecule has 24 heavy (non-hydrogen) atoms. The number of rotatable bonds is 2. The monoisotopic (exact) mass is 331 g/mol. The van der Waals surface area contributed by atoms with E-state index in [-0.39, 0.29) is 18.1 Å². The first kappa shape index (κ1) is 15.3. The van der Waals surface area contributed by atoms with Crippen LogP contribution < -0.4 is 0 Å². The molecule has 1 saturated heterocycles. The molecule has 1 aliphatic heterocycles. The molecule has 2 atom stereocenters. The number of nitrogens with one attached hydrogen (secondary N) is 1. The maximum absolute atomic E-state index is 13.2. The van der Waals surface area contributed by atoms with Crippen molar-refractivity contribution in [2.24, 2.45) is 0 Å². The summed E-state index contributed by atoms with van der Waals surface area (Å²) in [6.45, 7) is 4.65. The number of nitrogens with zero attached hydrogens (tertiary/aromatic N) is 4. The van der Waals surface area contributed by atoms with Crippen LogP contribution in [0.3, 0.4) is 0 Å². The normalized spacial score (nSPS) is 24.0. The Balaban J connectivity index is 1.67. The zero-order chi connectivity index (χ0) is 16.7. The number of fused-ring (bicyclic) bond motifs is 1. The molecule has 1 N–H and O–H groups in total. The van der Waals surface area contributed by atoms with Gasteiger partial charge in [-0.3, -0.25) is 9.89 Å². The van der Waals surface area contributed by atoms with Crippen molar-refractivity contribution in [3.8, 4) is 0 Å². The van der Waals surface area contributed by atoms with E-state index >= 15 is 0 Å². The fourth-order valence-electron chi connectivity index (χ4n) is 3.61. The number of aryl methyl sites for hydroxylation is 2. The third kappa shape index (κ3) is 2.50. The number of aromatic amines is 1. The molecule has 8 heteroatoms. The lowest BCUT2D eigenvalue weighted by molar-refractivity contribution is -0.0602. The van der Waals surface area contributed by atoms with Gasteiger partial charge in [0.25, 0.3) is 11.8 Å². The molecule has 1 aliphatic carbocycles. The third-order valence-electron chi connectivity index (χ3n) is 4.81. The Morgan fingerprint density at radius 3 is 2.96 bits per heavy atom. The number of amides is 1. The molecule has 2 aromatic heterocycles. The zero-order valence-electron chi connectivity index (χ0n) is 13.9. The molecular weight excluding hydrogens is 310 g/mol. The lowest BCUT2D eigenvalue weighted by atomic mass is 9.95. The Labute approximate surface area is 139 Å². The average molecular weight is 331 g/mol. The fourth-order valence-corrected chi connectivity index (χ4v) is 3.61. The summed E-state index contributed by atoms with van der Waals surface area (Å²) in [6, 6.07) is -0.386. The van der Waals surface area contributed by atoms with Crippen LogP contribution in [0.15, 0.2) is 4.52 Å². The number of ether oxygens (including phenoxy) is 1. The second kappa shape index (κ2) is 6.01. The predicted molar refractivity (Wildman–Crippen MR) is 83.5 cm³/mol. The molecule has 8 nitrogen and oxygen atoms in total. The van der Waals surface area contributed by atoms with Crippen molar-refractivity contribution in [3.05, 3.63) is 28.7 Å². The van der Waals surface area contributed by atoms with Gasteiger partial charge in [0.05, 0.1) is 12.7 Å². The van der Waals surface area contributed by atoms with E-state index in [1.807, 2.05) is 6.92 Å². The van der Waals surface area contributed by atoms with E-state index in [9.17, 15) is 4.79 Å². The molecule has 1 fully saturated rings. The van der Waals surface area contributed by atoms with Crippen molar-refractivity contribution in [1.82, 2.24) is 25.2 Å². The standard InChI is InChI=1S/C16H21N5O3/c1-9-14(15-17-10(2)20-24-15)21(7-8-23-9)16(22)13-11-5-3-4-6-12(11)18-19-13/h9,14H,3-8H2,1-2H3,(H,18,19)/t9-,14+/m1/s1. The lowest BCUT2D eigenvalue weighted by Gasteiger charge is -2.37. The number of carbonyl (C=O) groups excluding carboxylic acids is 1. The lowest BCUT2D eigenvalue weighted by Crippen LogP contribution is -2.47. The molecule has 0 spiro atoms. The van der Waals surface area contributed by atoms with Gasteiger partial charge < -0.3 is 14.2 Å². The topological polar surface area (TPSA) is 97.1 Å². The van der Waals surface area contributed by atoms with Crippen LogP contribution in [-0.4, -0.2) is 50.4 Å². The summed E-state index contributed by atoms with van der Waals surface area (Å²) in [5.74, 6) is 0.871. The highest BCUT2D eigenvalue weighted by Crippen LogP contribution is 2.31. The van der Waals surface area contributed by atoms with Gasteiger partial charge in [-0.15, -0.1) is 0 Å². The predicted octanol–water partition coefficient (Wildman–Crippen LogP) is 1.58. The highest BCUT2D eigenvalue weighted by molar-refractivity contribution is 5.94. The van der Waals surface area contributed by atoms with Gasteiger partial charge in [-0.25, -0.2) is 0 Å². The molecule has 0 radical (unpaired) electrons. The van der Waals surface area contributed by atoms with Crippen LogP contribution in [-0.2, 0) is 17.6 Å². The molecular formula is C16H21N5O3. The summed E-state index contributed by atoms with van der Waals surface area (Å²) >= 11 is 0. The van der Waals surface area contributed by atoms with Crippen molar-refractivity contribution in [1.29, 1.82) is 0 Å². The molecule has 0 bridgehead atoms. The number of H-pyrrole nitrogens is 1. The molecule has 2 aliphatic rings. The SMILES string of the molecule is Cc1noc([C@@H]2[C@@H](C)OCCN2C(=O)c2n[nH]c3c2CCCC3)n1. The Kier molecular flexibility index (Phi) is 3.84. The number of hydrogen-bond donors (Lipinski definition) is 1. The Morgan fingerprint density at radius 2 is 2.17 bits per heavy atom. The minimum atomic E-state index is -0.386. The van der Waals surface area contributed by atoms with Gasteiger partial charge in [0.2, 0.25) is 0 Å². The second-order valence-corrected chi connectivity index (χ2v) is 6.44. The smallest absolute Gasteiger partial charge is 0.275 e. The Bertz CT molecular complexity index is 753. The molecule has 0 saturated carbocycles. The number of morpholine rings is 1. The first-order valence-corrected chi connectivity index (χ1v) is 8.44. The highest BCUT2D eigenvalue weighted by atomic mass is 16.5. The van der Waals surface area contributed by atoms with Crippen molar-refractivity contribution in [2.75, 3.05) is 13.2 Å². The maximum atomic E-state index is 13.2. The van der Waals surface area contributed by atoms with Crippen LogP contribution in [0.25, 0.3) is 0 Å². The molecule has 0 aromatic carbocycles. The van der Waals surface area contributed by atoms with Gasteiger partial charge in [0, 0.05) is 17.8 Å². The van der Waals surface area contributed by atoms with Gasteiger partial charge in [-0.2, -0.15) is 10.1 Å². The van der Waals surface area contributed by atoms with E-state index < -0.39 is 0 Å². The minimum Gasteiger partial charge on any atom is -0.374 e. The van der Waals surface area contributed by atoms with E-state index in [4.69, 9.17) is 9.26 Å². The van der Waals surface area contributed by atoms with Crippen LogP contribution in [0.4, 0.5) is 0 Å². The molecule has 1 amide bonds. The second-order valence-electron chi connectivity index (χ2n) is 6.44. The fraction of sp³-hybridized carbons (Fsp3) is 0.625. The van der Waals surface area contributed by atoms with Crippen molar-refractivity contribution in [2.45, 2.75) is 51.7 Å².